The number of phenolic OH excluding ortho intramolecular Hbond substituents is 1. The molecule has 0 spiro atoms. The second kappa shape index (κ2) is 6.72. The van der Waals surface area contributed by atoms with Gasteiger partial charge in [-0.15, -0.1) is 11.3 Å². The van der Waals surface area contributed by atoms with Crippen LogP contribution in [0.1, 0.15) is 42.9 Å². The van der Waals surface area contributed by atoms with E-state index in [2.05, 4.69) is 17.2 Å². The smallest absolute Gasteiger partial charge is 0.120 e. The van der Waals surface area contributed by atoms with Crippen LogP contribution in [0.5, 0.6) is 11.5 Å². The predicted molar refractivity (Wildman–Crippen MR) is 81.4 cm³/mol. The number of hydrogen-bond acceptors (Lipinski definition) is 5. The zero-order chi connectivity index (χ0) is 14.5. The lowest BCUT2D eigenvalue weighted by atomic mass is 10.1. The van der Waals surface area contributed by atoms with Gasteiger partial charge in [-0.2, -0.15) is 0 Å². The van der Waals surface area contributed by atoms with E-state index in [0.29, 0.717) is 0 Å². The average Bonchev–Trinajstić information content (AvgIpc) is 2.99. The molecule has 0 saturated carbocycles. The summed E-state index contributed by atoms with van der Waals surface area (Å²) in [6.45, 7) is 4.15. The molecule has 2 rings (SSSR count). The highest BCUT2D eigenvalue weighted by Crippen LogP contribution is 2.30. The van der Waals surface area contributed by atoms with Crippen molar-refractivity contribution in [3.8, 4) is 11.5 Å². The first-order valence-corrected chi connectivity index (χ1v) is 7.56. The standard InChI is InChI=1S/C15H20N2O2S/c1-4-13(15-16-7-8-20-15)17-10(2)12-9-11(19-3)5-6-14(12)18/h5-10,13,17-18H,4H2,1-3H3. The van der Waals surface area contributed by atoms with E-state index in [4.69, 9.17) is 4.74 Å². The minimum absolute atomic E-state index is 0.0129. The molecule has 2 N–H and O–H groups in total. The Hall–Kier alpha value is -1.59. The largest absolute Gasteiger partial charge is 0.508 e. The Morgan fingerprint density at radius 3 is 2.85 bits per heavy atom. The summed E-state index contributed by atoms with van der Waals surface area (Å²) in [5.41, 5.74) is 0.833. The predicted octanol–water partition coefficient (Wildman–Crippen LogP) is 3.66. The van der Waals surface area contributed by atoms with Crippen LogP contribution in [0.3, 0.4) is 0 Å². The first kappa shape index (κ1) is 14.8. The fourth-order valence-corrected chi connectivity index (χ4v) is 2.95. The van der Waals surface area contributed by atoms with Crippen LogP contribution in [0.25, 0.3) is 0 Å². The molecule has 0 aliphatic heterocycles. The van der Waals surface area contributed by atoms with Crippen molar-refractivity contribution in [1.29, 1.82) is 0 Å². The van der Waals surface area contributed by atoms with E-state index in [1.54, 1.807) is 30.6 Å². The molecular weight excluding hydrogens is 272 g/mol. The lowest BCUT2D eigenvalue weighted by Gasteiger charge is -2.22. The zero-order valence-electron chi connectivity index (χ0n) is 12.0. The van der Waals surface area contributed by atoms with Crippen molar-refractivity contribution in [3.63, 3.8) is 0 Å². The number of aromatic nitrogens is 1. The normalized spacial score (nSPS) is 13.9. The van der Waals surface area contributed by atoms with E-state index in [1.165, 1.54) is 0 Å². The molecule has 5 heteroatoms. The summed E-state index contributed by atoms with van der Waals surface area (Å²) in [4.78, 5) is 4.36. The average molecular weight is 292 g/mol. The molecule has 4 nitrogen and oxygen atoms in total. The number of methoxy groups -OCH3 is 1. The van der Waals surface area contributed by atoms with E-state index in [9.17, 15) is 5.11 Å². The van der Waals surface area contributed by atoms with Crippen molar-refractivity contribution in [3.05, 3.63) is 40.3 Å². The summed E-state index contributed by atoms with van der Waals surface area (Å²) in [5.74, 6) is 1.02. The third-order valence-corrected chi connectivity index (χ3v) is 4.20. The highest BCUT2D eigenvalue weighted by molar-refractivity contribution is 7.09. The molecule has 108 valence electrons. The molecule has 20 heavy (non-hydrogen) atoms. The number of thiazole rings is 1. The van der Waals surface area contributed by atoms with Gasteiger partial charge in [-0.25, -0.2) is 4.98 Å². The summed E-state index contributed by atoms with van der Waals surface area (Å²) in [5, 5.41) is 16.6. The summed E-state index contributed by atoms with van der Waals surface area (Å²) in [7, 11) is 1.62. The number of aromatic hydroxyl groups is 1. The van der Waals surface area contributed by atoms with Gasteiger partial charge in [0.25, 0.3) is 0 Å². The van der Waals surface area contributed by atoms with Crippen LogP contribution in [-0.2, 0) is 0 Å². The number of nitrogens with one attached hydrogen (secondary N) is 1. The number of rotatable bonds is 6. The summed E-state index contributed by atoms with van der Waals surface area (Å²) in [6, 6.07) is 5.48. The number of hydrogen-bond donors (Lipinski definition) is 2. The number of phenols is 1. The topological polar surface area (TPSA) is 54.4 Å². The fraction of sp³-hybridized carbons (Fsp3) is 0.400. The highest BCUT2D eigenvalue weighted by atomic mass is 32.1. The van der Waals surface area contributed by atoms with Gasteiger partial charge in [-0.05, 0) is 31.5 Å². The van der Waals surface area contributed by atoms with Crippen LogP contribution < -0.4 is 10.1 Å². The lowest BCUT2D eigenvalue weighted by molar-refractivity contribution is 0.401. The number of ether oxygens (including phenoxy) is 1. The molecule has 1 aromatic heterocycles. The van der Waals surface area contributed by atoms with E-state index >= 15 is 0 Å². The number of nitrogens with zero attached hydrogens (tertiary/aromatic N) is 1. The van der Waals surface area contributed by atoms with Gasteiger partial charge in [0, 0.05) is 23.2 Å². The van der Waals surface area contributed by atoms with Gasteiger partial charge in [0.2, 0.25) is 0 Å². The summed E-state index contributed by atoms with van der Waals surface area (Å²) < 4.78 is 5.21. The van der Waals surface area contributed by atoms with Crippen LogP contribution in [-0.4, -0.2) is 17.2 Å². The quantitative estimate of drug-likeness (QED) is 0.853. The first-order chi connectivity index (χ1) is 9.65. The van der Waals surface area contributed by atoms with Gasteiger partial charge in [-0.1, -0.05) is 6.92 Å². The van der Waals surface area contributed by atoms with Crippen molar-refractivity contribution in [2.45, 2.75) is 32.4 Å². The fourth-order valence-electron chi connectivity index (χ4n) is 2.17. The Morgan fingerprint density at radius 1 is 1.45 bits per heavy atom. The van der Waals surface area contributed by atoms with Gasteiger partial charge < -0.3 is 15.2 Å². The van der Waals surface area contributed by atoms with Gasteiger partial charge in [0.05, 0.1) is 13.2 Å². The SMILES string of the molecule is CCC(NC(C)c1cc(OC)ccc1O)c1nccs1. The number of benzene rings is 1. The molecule has 0 radical (unpaired) electrons. The van der Waals surface area contributed by atoms with Crippen molar-refractivity contribution in [1.82, 2.24) is 10.3 Å². The Kier molecular flexibility index (Phi) is 4.98. The monoisotopic (exact) mass is 292 g/mol. The van der Waals surface area contributed by atoms with Crippen molar-refractivity contribution in [2.24, 2.45) is 0 Å². The summed E-state index contributed by atoms with van der Waals surface area (Å²) >= 11 is 1.64. The highest BCUT2D eigenvalue weighted by Gasteiger charge is 2.18. The molecule has 0 aliphatic rings. The minimum atomic E-state index is 0.0129. The maximum absolute atomic E-state index is 10.0. The molecule has 0 fully saturated rings. The van der Waals surface area contributed by atoms with Gasteiger partial charge >= 0.3 is 0 Å². The molecule has 0 bridgehead atoms. The Bertz CT molecular complexity index is 543. The van der Waals surface area contributed by atoms with Crippen LogP contribution >= 0.6 is 11.3 Å². The summed E-state index contributed by atoms with van der Waals surface area (Å²) in [6.07, 6.45) is 2.76. The third kappa shape index (κ3) is 3.29. The van der Waals surface area contributed by atoms with Crippen LogP contribution in [0.15, 0.2) is 29.8 Å². The lowest BCUT2D eigenvalue weighted by Crippen LogP contribution is -2.24. The molecule has 2 unspecified atom stereocenters. The van der Waals surface area contributed by atoms with Crippen LogP contribution in [0, 0.1) is 0 Å². The van der Waals surface area contributed by atoms with Crippen LogP contribution in [0.2, 0.25) is 0 Å². The minimum Gasteiger partial charge on any atom is -0.508 e. The third-order valence-electron chi connectivity index (χ3n) is 3.31. The van der Waals surface area contributed by atoms with E-state index in [-0.39, 0.29) is 17.8 Å². The zero-order valence-corrected chi connectivity index (χ0v) is 12.8. The Morgan fingerprint density at radius 2 is 2.25 bits per heavy atom. The van der Waals surface area contributed by atoms with Crippen LogP contribution in [0.4, 0.5) is 0 Å². The van der Waals surface area contributed by atoms with Gasteiger partial charge in [-0.3, -0.25) is 0 Å². The first-order valence-electron chi connectivity index (χ1n) is 6.68. The maximum atomic E-state index is 10.0. The molecule has 2 aromatic rings. The molecule has 0 saturated heterocycles. The second-order valence-corrected chi connectivity index (χ2v) is 5.57. The molecule has 2 atom stereocenters. The molecule has 1 heterocycles. The molecule has 0 aliphatic carbocycles. The Balaban J connectivity index is 2.16. The maximum Gasteiger partial charge on any atom is 0.120 e. The van der Waals surface area contributed by atoms with Crippen molar-refractivity contribution in [2.75, 3.05) is 7.11 Å². The van der Waals surface area contributed by atoms with Gasteiger partial charge in [0.15, 0.2) is 0 Å². The Labute approximate surface area is 123 Å². The molecular formula is C15H20N2O2S. The van der Waals surface area contributed by atoms with E-state index in [1.807, 2.05) is 24.6 Å². The van der Waals surface area contributed by atoms with E-state index in [0.717, 1.165) is 22.7 Å². The molecule has 0 amide bonds. The van der Waals surface area contributed by atoms with Crippen molar-refractivity contribution >= 4 is 11.3 Å². The van der Waals surface area contributed by atoms with Gasteiger partial charge in [0.1, 0.15) is 16.5 Å². The van der Waals surface area contributed by atoms with Crippen molar-refractivity contribution < 1.29 is 9.84 Å². The molecule has 1 aromatic carbocycles. The second-order valence-electron chi connectivity index (χ2n) is 4.64. The van der Waals surface area contributed by atoms with E-state index < -0.39 is 0 Å².